The molecule has 3 aromatic rings. The van der Waals surface area contributed by atoms with Crippen LogP contribution in [0.15, 0.2) is 36.7 Å². The Labute approximate surface area is 164 Å². The fourth-order valence-electron chi connectivity index (χ4n) is 2.61. The zero-order chi connectivity index (χ0) is 17.1. The third kappa shape index (κ3) is 4.12. The standard InChI is InChI=1S/C17H20N6O.2ClH/c1-12-16(17(24)22(3)10-9-18-2)20-21-23(12)15-6-4-5-13-11-19-8-7-14(13)15;;/h4-8,11,18H,9-10H2,1-3H3;2*1H. The molecule has 0 fully saturated rings. The van der Waals surface area contributed by atoms with Gasteiger partial charge < -0.3 is 10.2 Å². The molecule has 0 aliphatic carbocycles. The summed E-state index contributed by atoms with van der Waals surface area (Å²) < 4.78 is 1.71. The molecule has 9 heteroatoms. The maximum Gasteiger partial charge on any atom is 0.276 e. The van der Waals surface area contributed by atoms with Gasteiger partial charge in [-0.2, -0.15) is 0 Å². The Balaban J connectivity index is 0.00000169. The predicted octanol–water partition coefficient (Wildman–Crippen LogP) is 2.26. The quantitative estimate of drug-likeness (QED) is 0.715. The van der Waals surface area contributed by atoms with Crippen molar-refractivity contribution in [1.82, 2.24) is 30.2 Å². The lowest BCUT2D eigenvalue weighted by molar-refractivity contribution is 0.0790. The minimum atomic E-state index is -0.129. The molecule has 0 bridgehead atoms. The fourth-order valence-corrected chi connectivity index (χ4v) is 2.61. The normalized spacial score (nSPS) is 10.1. The minimum Gasteiger partial charge on any atom is -0.339 e. The van der Waals surface area contributed by atoms with E-state index in [2.05, 4.69) is 20.6 Å². The third-order valence-corrected chi connectivity index (χ3v) is 4.03. The van der Waals surface area contributed by atoms with E-state index < -0.39 is 0 Å². The number of aromatic nitrogens is 4. The number of halogens is 2. The zero-order valence-electron chi connectivity index (χ0n) is 14.8. The van der Waals surface area contributed by atoms with E-state index in [1.807, 2.05) is 44.4 Å². The van der Waals surface area contributed by atoms with E-state index in [1.165, 1.54) is 0 Å². The number of hydrogen-bond donors (Lipinski definition) is 1. The molecule has 0 radical (unpaired) electrons. The first-order valence-electron chi connectivity index (χ1n) is 7.79. The maximum atomic E-state index is 12.6. The Hall–Kier alpha value is -2.22. The van der Waals surface area contributed by atoms with Crippen LogP contribution < -0.4 is 5.32 Å². The van der Waals surface area contributed by atoms with E-state index in [0.717, 1.165) is 28.7 Å². The van der Waals surface area contributed by atoms with Gasteiger partial charge in [-0.3, -0.25) is 9.78 Å². The van der Waals surface area contributed by atoms with E-state index in [0.29, 0.717) is 12.2 Å². The summed E-state index contributed by atoms with van der Waals surface area (Å²) >= 11 is 0. The Kier molecular flexibility index (Phi) is 7.95. The van der Waals surface area contributed by atoms with E-state index in [9.17, 15) is 4.79 Å². The number of pyridine rings is 1. The van der Waals surface area contributed by atoms with Gasteiger partial charge in [0.1, 0.15) is 0 Å². The van der Waals surface area contributed by atoms with Gasteiger partial charge in [-0.25, -0.2) is 4.68 Å². The molecule has 2 aromatic heterocycles. The molecular weight excluding hydrogens is 375 g/mol. The number of rotatable bonds is 5. The molecule has 0 saturated carbocycles. The van der Waals surface area contributed by atoms with Crippen molar-refractivity contribution in [2.45, 2.75) is 6.92 Å². The Morgan fingerprint density at radius 3 is 2.77 bits per heavy atom. The van der Waals surface area contributed by atoms with Gasteiger partial charge in [-0.05, 0) is 26.1 Å². The number of carbonyl (C=O) groups excluding carboxylic acids is 1. The number of carbonyl (C=O) groups is 1. The van der Waals surface area contributed by atoms with Crippen LogP contribution in [0.3, 0.4) is 0 Å². The summed E-state index contributed by atoms with van der Waals surface area (Å²) in [4.78, 5) is 18.3. The average Bonchev–Trinajstić information content (AvgIpc) is 2.99. The molecule has 7 nitrogen and oxygen atoms in total. The molecule has 140 valence electrons. The topological polar surface area (TPSA) is 75.9 Å². The molecule has 0 aliphatic heterocycles. The predicted molar refractivity (Wildman–Crippen MR) is 107 cm³/mol. The number of benzene rings is 1. The van der Waals surface area contributed by atoms with Crippen LogP contribution in [0.25, 0.3) is 16.5 Å². The van der Waals surface area contributed by atoms with Crippen molar-refractivity contribution in [3.63, 3.8) is 0 Å². The Morgan fingerprint density at radius 1 is 1.27 bits per heavy atom. The molecule has 0 atom stereocenters. The average molecular weight is 397 g/mol. The number of fused-ring (bicyclic) bond motifs is 1. The van der Waals surface area contributed by atoms with Crippen molar-refractivity contribution in [2.24, 2.45) is 0 Å². The molecule has 1 N–H and O–H groups in total. The summed E-state index contributed by atoms with van der Waals surface area (Å²) in [6.07, 6.45) is 3.55. The first-order chi connectivity index (χ1) is 11.6. The van der Waals surface area contributed by atoms with E-state index >= 15 is 0 Å². The maximum absolute atomic E-state index is 12.6. The highest BCUT2D eigenvalue weighted by Gasteiger charge is 2.21. The first kappa shape index (κ1) is 21.8. The number of nitrogens with zero attached hydrogens (tertiary/aromatic N) is 5. The molecule has 26 heavy (non-hydrogen) atoms. The highest BCUT2D eigenvalue weighted by molar-refractivity contribution is 5.94. The van der Waals surface area contributed by atoms with Crippen molar-refractivity contribution < 1.29 is 4.79 Å². The van der Waals surface area contributed by atoms with E-state index in [1.54, 1.807) is 22.8 Å². The van der Waals surface area contributed by atoms with Gasteiger partial charge in [0.2, 0.25) is 0 Å². The summed E-state index contributed by atoms with van der Waals surface area (Å²) in [5.41, 5.74) is 1.98. The van der Waals surface area contributed by atoms with Crippen molar-refractivity contribution in [3.8, 4) is 5.69 Å². The molecule has 3 rings (SSSR count). The Bertz CT molecular complexity index is 877. The number of hydrogen-bond acceptors (Lipinski definition) is 5. The lowest BCUT2D eigenvalue weighted by Gasteiger charge is -2.15. The lowest BCUT2D eigenvalue weighted by Crippen LogP contribution is -2.33. The molecule has 0 unspecified atom stereocenters. The highest BCUT2D eigenvalue weighted by Crippen LogP contribution is 2.22. The van der Waals surface area contributed by atoms with Crippen molar-refractivity contribution in [3.05, 3.63) is 48.0 Å². The molecule has 1 aromatic carbocycles. The second kappa shape index (κ2) is 9.47. The van der Waals surface area contributed by atoms with Crippen LogP contribution in [0.4, 0.5) is 0 Å². The second-order valence-corrected chi connectivity index (χ2v) is 5.64. The van der Waals surface area contributed by atoms with Crippen LogP contribution in [-0.2, 0) is 0 Å². The minimum absolute atomic E-state index is 0. The summed E-state index contributed by atoms with van der Waals surface area (Å²) in [5, 5.41) is 13.4. The third-order valence-electron chi connectivity index (χ3n) is 4.03. The van der Waals surface area contributed by atoms with Crippen LogP contribution in [-0.4, -0.2) is 58.0 Å². The van der Waals surface area contributed by atoms with Gasteiger partial charge in [-0.15, -0.1) is 29.9 Å². The number of amides is 1. The van der Waals surface area contributed by atoms with Crippen LogP contribution in [0, 0.1) is 6.92 Å². The summed E-state index contributed by atoms with van der Waals surface area (Å²) in [6.45, 7) is 3.20. The van der Waals surface area contributed by atoms with E-state index in [-0.39, 0.29) is 30.7 Å². The van der Waals surface area contributed by atoms with Gasteiger partial charge in [0, 0.05) is 43.3 Å². The van der Waals surface area contributed by atoms with Crippen LogP contribution in [0.5, 0.6) is 0 Å². The first-order valence-corrected chi connectivity index (χ1v) is 7.79. The summed E-state index contributed by atoms with van der Waals surface area (Å²) in [5.74, 6) is -0.129. The smallest absolute Gasteiger partial charge is 0.276 e. The van der Waals surface area contributed by atoms with Crippen LogP contribution >= 0.6 is 24.8 Å². The van der Waals surface area contributed by atoms with Gasteiger partial charge >= 0.3 is 0 Å². The SMILES string of the molecule is CNCCN(C)C(=O)c1nnn(-c2cccc3cnccc23)c1C.Cl.Cl. The zero-order valence-corrected chi connectivity index (χ0v) is 16.5. The van der Waals surface area contributed by atoms with Gasteiger partial charge in [0.05, 0.1) is 11.4 Å². The summed E-state index contributed by atoms with van der Waals surface area (Å²) in [7, 11) is 3.62. The number of nitrogens with one attached hydrogen (secondary N) is 1. The summed E-state index contributed by atoms with van der Waals surface area (Å²) in [6, 6.07) is 7.84. The molecular formula is C17H22Cl2N6O. The Morgan fingerprint density at radius 2 is 2.04 bits per heavy atom. The van der Waals surface area contributed by atoms with Gasteiger partial charge in [0.25, 0.3) is 5.91 Å². The largest absolute Gasteiger partial charge is 0.339 e. The van der Waals surface area contributed by atoms with Crippen molar-refractivity contribution >= 4 is 41.5 Å². The second-order valence-electron chi connectivity index (χ2n) is 5.64. The molecule has 0 saturated heterocycles. The monoisotopic (exact) mass is 396 g/mol. The van der Waals surface area contributed by atoms with E-state index in [4.69, 9.17) is 0 Å². The van der Waals surface area contributed by atoms with Crippen molar-refractivity contribution in [2.75, 3.05) is 27.2 Å². The number of likely N-dealkylation sites (N-methyl/N-ethyl adjacent to an activating group) is 2. The molecule has 0 spiro atoms. The highest BCUT2D eigenvalue weighted by atomic mass is 35.5. The van der Waals surface area contributed by atoms with Crippen molar-refractivity contribution in [1.29, 1.82) is 0 Å². The van der Waals surface area contributed by atoms with Gasteiger partial charge in [-0.1, -0.05) is 17.3 Å². The van der Waals surface area contributed by atoms with Crippen LogP contribution in [0.1, 0.15) is 16.2 Å². The molecule has 1 amide bonds. The van der Waals surface area contributed by atoms with Gasteiger partial charge in [0.15, 0.2) is 5.69 Å². The fraction of sp³-hybridized carbons (Fsp3) is 0.294. The van der Waals surface area contributed by atoms with Crippen LogP contribution in [0.2, 0.25) is 0 Å². The lowest BCUT2D eigenvalue weighted by atomic mass is 10.1. The molecule has 0 aliphatic rings. The molecule has 2 heterocycles.